The van der Waals surface area contributed by atoms with Gasteiger partial charge in [-0.1, -0.05) is 12.1 Å². The van der Waals surface area contributed by atoms with Gasteiger partial charge in [0, 0.05) is 6.20 Å². The van der Waals surface area contributed by atoms with E-state index < -0.39 is 0 Å². The maximum atomic E-state index is 12.8. The minimum Gasteiger partial charge on any atom is -0.323 e. The number of carbonyl (C=O) groups is 2. The number of nitrogens with one attached hydrogen (secondary N) is 1. The maximum absolute atomic E-state index is 12.8. The maximum Gasteiger partial charge on any atom is 0.261 e. The molecule has 1 aliphatic rings. The highest BCUT2D eigenvalue weighted by Crippen LogP contribution is 2.31. The smallest absolute Gasteiger partial charge is 0.261 e. The van der Waals surface area contributed by atoms with Gasteiger partial charge in [-0.3, -0.25) is 14.5 Å². The zero-order valence-electron chi connectivity index (χ0n) is 11.4. The number of anilines is 2. The van der Waals surface area contributed by atoms with Crippen LogP contribution in [0.25, 0.3) is 0 Å². The van der Waals surface area contributed by atoms with E-state index in [0.717, 1.165) is 0 Å². The molecule has 2 amide bonds. The van der Waals surface area contributed by atoms with Gasteiger partial charge in [0.1, 0.15) is 11.6 Å². The molecule has 21 heavy (non-hydrogen) atoms. The summed E-state index contributed by atoms with van der Waals surface area (Å²) in [6, 6.07) is 10.7. The van der Waals surface area contributed by atoms with E-state index in [4.69, 9.17) is 0 Å². The molecule has 0 saturated carbocycles. The van der Waals surface area contributed by atoms with Crippen molar-refractivity contribution < 1.29 is 9.59 Å². The van der Waals surface area contributed by atoms with Crippen LogP contribution >= 0.6 is 11.8 Å². The van der Waals surface area contributed by atoms with Crippen molar-refractivity contribution >= 4 is 35.0 Å². The first kappa shape index (κ1) is 13.6. The van der Waals surface area contributed by atoms with E-state index in [1.165, 1.54) is 16.7 Å². The Balaban J connectivity index is 2.04. The topological polar surface area (TPSA) is 62.3 Å². The molecule has 0 bridgehead atoms. The number of nitrogens with zero attached hydrogens (tertiary/aromatic N) is 2. The first-order valence-electron chi connectivity index (χ1n) is 6.40. The van der Waals surface area contributed by atoms with Crippen molar-refractivity contribution in [3.63, 3.8) is 0 Å². The molecule has 106 valence electrons. The minimum absolute atomic E-state index is 0.0125. The molecule has 0 radical (unpaired) electrons. The molecule has 0 atom stereocenters. The predicted molar refractivity (Wildman–Crippen MR) is 82.8 cm³/mol. The van der Waals surface area contributed by atoms with Crippen LogP contribution in [-0.2, 0) is 4.79 Å². The van der Waals surface area contributed by atoms with Crippen LogP contribution in [0.2, 0.25) is 0 Å². The highest BCUT2D eigenvalue weighted by molar-refractivity contribution is 7.98. The zero-order chi connectivity index (χ0) is 14.8. The lowest BCUT2D eigenvalue weighted by Gasteiger charge is -2.29. The number of pyridine rings is 1. The molecule has 3 rings (SSSR count). The number of aromatic nitrogens is 1. The normalized spacial score (nSPS) is 13.6. The summed E-state index contributed by atoms with van der Waals surface area (Å²) in [7, 11) is 0. The van der Waals surface area contributed by atoms with Gasteiger partial charge in [0.2, 0.25) is 5.91 Å². The Hall–Kier alpha value is -2.34. The molecular weight excluding hydrogens is 286 g/mol. The zero-order valence-corrected chi connectivity index (χ0v) is 12.2. The van der Waals surface area contributed by atoms with Crippen LogP contribution in [0.3, 0.4) is 0 Å². The lowest BCUT2D eigenvalue weighted by Crippen LogP contribution is -2.42. The van der Waals surface area contributed by atoms with Crippen molar-refractivity contribution in [2.24, 2.45) is 0 Å². The van der Waals surface area contributed by atoms with E-state index >= 15 is 0 Å². The van der Waals surface area contributed by atoms with Crippen LogP contribution in [0, 0.1) is 0 Å². The second-order valence-corrected chi connectivity index (χ2v) is 5.31. The SMILES string of the molecule is CSc1ncccc1C(=O)N1CC(=O)Nc2ccccc21. The summed E-state index contributed by atoms with van der Waals surface area (Å²) in [6.45, 7) is 0.0125. The van der Waals surface area contributed by atoms with Crippen LogP contribution in [-0.4, -0.2) is 29.6 Å². The Morgan fingerprint density at radius 2 is 2.10 bits per heavy atom. The number of benzene rings is 1. The Kier molecular flexibility index (Phi) is 3.62. The third-order valence-electron chi connectivity index (χ3n) is 3.21. The number of hydrogen-bond acceptors (Lipinski definition) is 4. The van der Waals surface area contributed by atoms with E-state index in [9.17, 15) is 9.59 Å². The van der Waals surface area contributed by atoms with E-state index in [1.54, 1.807) is 24.4 Å². The summed E-state index contributed by atoms with van der Waals surface area (Å²) in [5, 5.41) is 3.43. The molecule has 0 fully saturated rings. The molecule has 0 spiro atoms. The van der Waals surface area contributed by atoms with Gasteiger partial charge in [0.05, 0.1) is 16.9 Å². The minimum atomic E-state index is -0.213. The van der Waals surface area contributed by atoms with E-state index in [-0.39, 0.29) is 18.4 Å². The Morgan fingerprint density at radius 3 is 2.90 bits per heavy atom. The third kappa shape index (κ3) is 2.50. The van der Waals surface area contributed by atoms with Crippen LogP contribution in [0.4, 0.5) is 11.4 Å². The summed E-state index contributed by atoms with van der Waals surface area (Å²) in [5.41, 5.74) is 1.87. The fourth-order valence-electron chi connectivity index (χ4n) is 2.28. The van der Waals surface area contributed by atoms with Crippen molar-refractivity contribution in [1.82, 2.24) is 4.98 Å². The highest BCUT2D eigenvalue weighted by Gasteiger charge is 2.28. The van der Waals surface area contributed by atoms with Gasteiger partial charge < -0.3 is 5.32 Å². The average Bonchev–Trinajstić information content (AvgIpc) is 2.53. The number of rotatable bonds is 2. The van der Waals surface area contributed by atoms with E-state index in [1.807, 2.05) is 24.5 Å². The highest BCUT2D eigenvalue weighted by atomic mass is 32.2. The van der Waals surface area contributed by atoms with E-state index in [2.05, 4.69) is 10.3 Å². The molecule has 0 unspecified atom stereocenters. The summed E-state index contributed by atoms with van der Waals surface area (Å²) in [6.07, 6.45) is 3.52. The van der Waals surface area contributed by atoms with Gasteiger partial charge in [0.25, 0.3) is 5.91 Å². The molecule has 0 saturated heterocycles. The van der Waals surface area contributed by atoms with Gasteiger partial charge in [-0.05, 0) is 30.5 Å². The third-order valence-corrected chi connectivity index (χ3v) is 3.92. The molecular formula is C15H13N3O2S. The van der Waals surface area contributed by atoms with E-state index in [0.29, 0.717) is 22.0 Å². The largest absolute Gasteiger partial charge is 0.323 e. The lowest BCUT2D eigenvalue weighted by molar-refractivity contribution is -0.115. The molecule has 5 nitrogen and oxygen atoms in total. The van der Waals surface area contributed by atoms with Gasteiger partial charge in [-0.25, -0.2) is 4.98 Å². The molecule has 1 aromatic carbocycles. The number of fused-ring (bicyclic) bond motifs is 1. The van der Waals surface area contributed by atoms with Gasteiger partial charge in [-0.2, -0.15) is 0 Å². The number of hydrogen-bond donors (Lipinski definition) is 1. The Bertz CT molecular complexity index is 718. The monoisotopic (exact) mass is 299 g/mol. The Morgan fingerprint density at radius 1 is 1.29 bits per heavy atom. The molecule has 1 aromatic heterocycles. The number of thioether (sulfide) groups is 1. The summed E-state index contributed by atoms with van der Waals surface area (Å²) in [5.74, 6) is -0.411. The molecule has 6 heteroatoms. The summed E-state index contributed by atoms with van der Waals surface area (Å²) < 4.78 is 0. The van der Waals surface area contributed by atoms with Crippen molar-refractivity contribution in [2.45, 2.75) is 5.03 Å². The molecule has 2 aromatic rings. The molecule has 2 heterocycles. The fourth-order valence-corrected chi connectivity index (χ4v) is 2.82. The predicted octanol–water partition coefficient (Wildman–Crippen LogP) is 2.40. The number of amides is 2. The quantitative estimate of drug-likeness (QED) is 0.865. The molecule has 1 N–H and O–H groups in total. The van der Waals surface area contributed by atoms with Crippen LogP contribution in [0.15, 0.2) is 47.6 Å². The second-order valence-electron chi connectivity index (χ2n) is 4.52. The van der Waals surface area contributed by atoms with Gasteiger partial charge >= 0.3 is 0 Å². The average molecular weight is 299 g/mol. The number of carbonyl (C=O) groups excluding carboxylic acids is 2. The molecule has 1 aliphatic heterocycles. The lowest BCUT2D eigenvalue weighted by atomic mass is 10.1. The van der Waals surface area contributed by atoms with Crippen molar-refractivity contribution in [2.75, 3.05) is 23.0 Å². The van der Waals surface area contributed by atoms with Gasteiger partial charge in [0.15, 0.2) is 0 Å². The fraction of sp³-hybridized carbons (Fsp3) is 0.133. The van der Waals surface area contributed by atoms with Crippen molar-refractivity contribution in [1.29, 1.82) is 0 Å². The first-order valence-corrected chi connectivity index (χ1v) is 7.63. The molecule has 0 aliphatic carbocycles. The summed E-state index contributed by atoms with van der Waals surface area (Å²) in [4.78, 5) is 30.3. The first-order chi connectivity index (χ1) is 10.2. The summed E-state index contributed by atoms with van der Waals surface area (Å²) >= 11 is 1.41. The Labute approximate surface area is 126 Å². The standard InChI is InChI=1S/C15H13N3O2S/c1-21-14-10(5-4-8-16-14)15(20)18-9-13(19)17-11-6-2-3-7-12(11)18/h2-8H,9H2,1H3,(H,17,19). The van der Waals surface area contributed by atoms with Crippen molar-refractivity contribution in [3.8, 4) is 0 Å². The van der Waals surface area contributed by atoms with Crippen LogP contribution in [0.5, 0.6) is 0 Å². The van der Waals surface area contributed by atoms with Crippen molar-refractivity contribution in [3.05, 3.63) is 48.2 Å². The number of para-hydroxylation sites is 2. The van der Waals surface area contributed by atoms with Gasteiger partial charge in [-0.15, -0.1) is 11.8 Å². The second kappa shape index (κ2) is 5.57. The van der Waals surface area contributed by atoms with Crippen LogP contribution < -0.4 is 10.2 Å². The van der Waals surface area contributed by atoms with Crippen LogP contribution in [0.1, 0.15) is 10.4 Å².